The van der Waals surface area contributed by atoms with E-state index in [1.165, 1.54) is 12.1 Å². The molecule has 2 aromatic rings. The molecule has 1 heterocycles. The average Bonchev–Trinajstić information content (AvgIpc) is 2.43. The number of hydrogen-bond donors (Lipinski definition) is 1. The number of non-ortho nitro benzene ring substituents is 1. The van der Waals surface area contributed by atoms with Gasteiger partial charge in [-0.05, 0) is 6.07 Å². The Hall–Kier alpha value is -1.69. The van der Waals surface area contributed by atoms with Crippen LogP contribution in [0, 0.1) is 15.2 Å². The lowest BCUT2D eigenvalue weighted by molar-refractivity contribution is -0.383. The van der Waals surface area contributed by atoms with E-state index in [1.54, 1.807) is 6.07 Å². The van der Waals surface area contributed by atoms with E-state index in [0.717, 1.165) is 11.3 Å². The molecule has 0 saturated carbocycles. The van der Waals surface area contributed by atoms with E-state index >= 15 is 0 Å². The summed E-state index contributed by atoms with van der Waals surface area (Å²) in [7, 11) is 0. The van der Waals surface area contributed by atoms with Crippen molar-refractivity contribution in [1.82, 2.24) is 0 Å². The van der Waals surface area contributed by atoms with E-state index < -0.39 is 10.1 Å². The molecule has 0 aliphatic rings. The molecule has 0 aliphatic carbocycles. The molecule has 72 valence electrons. The second-order valence-corrected chi connectivity index (χ2v) is 3.70. The van der Waals surface area contributed by atoms with Crippen molar-refractivity contribution in [2.75, 3.05) is 5.73 Å². The van der Waals surface area contributed by atoms with Crippen molar-refractivity contribution in [3.05, 3.63) is 33.4 Å². The van der Waals surface area contributed by atoms with Crippen molar-refractivity contribution in [2.45, 2.75) is 0 Å². The molecule has 14 heavy (non-hydrogen) atoms. The smallest absolute Gasteiger partial charge is 0.280 e. The maximum Gasteiger partial charge on any atom is 0.280 e. The van der Waals surface area contributed by atoms with E-state index in [2.05, 4.69) is 0 Å². The third-order valence-corrected chi connectivity index (χ3v) is 2.84. The molecule has 1 aromatic heterocycles. The number of thiophene rings is 1. The molecule has 0 fully saturated rings. The molecule has 0 unspecified atom stereocenters. The van der Waals surface area contributed by atoms with Crippen LogP contribution in [0.4, 0.5) is 15.8 Å². The zero-order valence-corrected chi connectivity index (χ0v) is 7.68. The van der Waals surface area contributed by atoms with Gasteiger partial charge in [0, 0.05) is 10.8 Å². The first-order chi connectivity index (χ1) is 6.61. The van der Waals surface area contributed by atoms with E-state index in [1.807, 2.05) is 0 Å². The van der Waals surface area contributed by atoms with Crippen molar-refractivity contribution >= 4 is 32.8 Å². The largest absolute Gasteiger partial charge is 0.395 e. The van der Waals surface area contributed by atoms with Crippen molar-refractivity contribution in [3.63, 3.8) is 0 Å². The molecule has 0 saturated heterocycles. The van der Waals surface area contributed by atoms with Gasteiger partial charge in [-0.1, -0.05) is 6.07 Å². The zero-order valence-electron chi connectivity index (χ0n) is 6.86. The summed E-state index contributed by atoms with van der Waals surface area (Å²) in [6, 6.07) is 4.42. The number of rotatable bonds is 1. The van der Waals surface area contributed by atoms with Gasteiger partial charge in [0.2, 0.25) is 5.13 Å². The van der Waals surface area contributed by atoms with Gasteiger partial charge >= 0.3 is 0 Å². The lowest BCUT2D eigenvalue weighted by Crippen LogP contribution is -1.91. The minimum Gasteiger partial charge on any atom is -0.395 e. The van der Waals surface area contributed by atoms with E-state index in [4.69, 9.17) is 5.73 Å². The van der Waals surface area contributed by atoms with Crippen LogP contribution >= 0.6 is 11.3 Å². The number of halogens is 1. The Balaban J connectivity index is 2.91. The van der Waals surface area contributed by atoms with Gasteiger partial charge in [-0.2, -0.15) is 4.39 Å². The Bertz CT molecular complexity index is 523. The third kappa shape index (κ3) is 1.12. The lowest BCUT2D eigenvalue weighted by Gasteiger charge is -1.93. The Kier molecular flexibility index (Phi) is 1.85. The predicted molar refractivity (Wildman–Crippen MR) is 52.8 cm³/mol. The SMILES string of the molecule is Nc1c(F)sc2cccc([N+](=O)[O-])c12. The number of nitrogens with zero attached hydrogens (tertiary/aromatic N) is 1. The highest BCUT2D eigenvalue weighted by Gasteiger charge is 2.18. The molecule has 0 amide bonds. The minimum absolute atomic E-state index is 0.141. The fourth-order valence-corrected chi connectivity index (χ4v) is 2.15. The maximum absolute atomic E-state index is 13.0. The summed E-state index contributed by atoms with van der Waals surface area (Å²) in [6.45, 7) is 0. The van der Waals surface area contributed by atoms with Crippen molar-refractivity contribution in [2.24, 2.45) is 0 Å². The summed E-state index contributed by atoms with van der Waals surface area (Å²) in [5.74, 6) is 0. The van der Waals surface area contributed by atoms with Gasteiger partial charge in [0.05, 0.1) is 16.0 Å². The van der Waals surface area contributed by atoms with Gasteiger partial charge in [0.25, 0.3) is 5.69 Å². The second kappa shape index (κ2) is 2.91. The normalized spacial score (nSPS) is 10.6. The van der Waals surface area contributed by atoms with Gasteiger partial charge in [0.1, 0.15) is 0 Å². The number of nitrogens with two attached hydrogens (primary N) is 1. The van der Waals surface area contributed by atoms with Gasteiger partial charge in [-0.25, -0.2) is 0 Å². The van der Waals surface area contributed by atoms with E-state index in [0.29, 0.717) is 4.70 Å². The monoisotopic (exact) mass is 212 g/mol. The first kappa shape index (κ1) is 8.89. The zero-order chi connectivity index (χ0) is 10.3. The number of nitro groups is 1. The van der Waals surface area contributed by atoms with Crippen LogP contribution in [0.2, 0.25) is 0 Å². The summed E-state index contributed by atoms with van der Waals surface area (Å²) in [6.07, 6.45) is 0. The molecule has 4 nitrogen and oxygen atoms in total. The fraction of sp³-hybridized carbons (Fsp3) is 0. The molecule has 2 N–H and O–H groups in total. The minimum atomic E-state index is -0.575. The van der Waals surface area contributed by atoms with Crippen LogP contribution in [-0.2, 0) is 0 Å². The fourth-order valence-electron chi connectivity index (χ4n) is 1.28. The Morgan fingerprint density at radius 1 is 1.50 bits per heavy atom. The van der Waals surface area contributed by atoms with Crippen molar-refractivity contribution in [3.8, 4) is 0 Å². The molecule has 0 spiro atoms. The Morgan fingerprint density at radius 2 is 2.21 bits per heavy atom. The van der Waals surface area contributed by atoms with Crippen LogP contribution in [0.1, 0.15) is 0 Å². The van der Waals surface area contributed by atoms with Crippen LogP contribution in [-0.4, -0.2) is 4.92 Å². The first-order valence-corrected chi connectivity index (χ1v) is 4.54. The lowest BCUT2D eigenvalue weighted by atomic mass is 10.2. The Labute approximate surface area is 81.9 Å². The number of nitro benzene ring substituents is 1. The topological polar surface area (TPSA) is 69.2 Å². The van der Waals surface area contributed by atoms with Gasteiger partial charge < -0.3 is 5.73 Å². The third-order valence-electron chi connectivity index (χ3n) is 1.88. The molecule has 2 rings (SSSR count). The van der Waals surface area contributed by atoms with E-state index in [9.17, 15) is 14.5 Å². The molecule has 0 radical (unpaired) electrons. The van der Waals surface area contributed by atoms with Gasteiger partial charge in [-0.3, -0.25) is 10.1 Å². The van der Waals surface area contributed by atoms with Crippen LogP contribution < -0.4 is 5.73 Å². The van der Waals surface area contributed by atoms with Crippen LogP contribution in [0.15, 0.2) is 18.2 Å². The Morgan fingerprint density at radius 3 is 2.86 bits per heavy atom. The molecule has 1 aromatic carbocycles. The van der Waals surface area contributed by atoms with Crippen molar-refractivity contribution in [1.29, 1.82) is 0 Å². The highest BCUT2D eigenvalue weighted by Crippen LogP contribution is 2.37. The maximum atomic E-state index is 13.0. The standard InChI is InChI=1S/C8H5FN2O2S/c9-8-7(10)6-4(11(12)13)2-1-3-5(6)14-8/h1-3H,10H2. The molecule has 0 aliphatic heterocycles. The van der Waals surface area contributed by atoms with Gasteiger partial charge in [0.15, 0.2) is 0 Å². The highest BCUT2D eigenvalue weighted by atomic mass is 32.1. The van der Waals surface area contributed by atoms with Crippen LogP contribution in [0.3, 0.4) is 0 Å². The summed E-state index contributed by atoms with van der Waals surface area (Å²) in [5, 5.41) is 10.2. The number of anilines is 1. The summed E-state index contributed by atoms with van der Waals surface area (Å²) in [4.78, 5) is 10.0. The number of nitrogen functional groups attached to an aromatic ring is 1. The highest BCUT2D eigenvalue weighted by molar-refractivity contribution is 7.18. The molecular weight excluding hydrogens is 207 g/mol. The second-order valence-electron chi connectivity index (χ2n) is 2.70. The van der Waals surface area contributed by atoms with Crippen LogP contribution in [0.25, 0.3) is 10.1 Å². The summed E-state index contributed by atoms with van der Waals surface area (Å²) >= 11 is 0.814. The number of fused-ring (bicyclic) bond motifs is 1. The summed E-state index contributed by atoms with van der Waals surface area (Å²) < 4.78 is 13.5. The van der Waals surface area contributed by atoms with Crippen molar-refractivity contribution < 1.29 is 9.31 Å². The molecular formula is C8H5FN2O2S. The summed E-state index contributed by atoms with van der Waals surface area (Å²) in [5.41, 5.74) is 5.11. The van der Waals surface area contributed by atoms with E-state index in [-0.39, 0.29) is 16.8 Å². The molecule has 0 bridgehead atoms. The first-order valence-electron chi connectivity index (χ1n) is 3.72. The van der Waals surface area contributed by atoms with Gasteiger partial charge in [-0.15, -0.1) is 11.3 Å². The number of hydrogen-bond acceptors (Lipinski definition) is 4. The average molecular weight is 212 g/mol. The number of benzene rings is 1. The predicted octanol–water partition coefficient (Wildman–Crippen LogP) is 2.53. The molecule has 0 atom stereocenters. The van der Waals surface area contributed by atoms with Crippen LogP contribution in [0.5, 0.6) is 0 Å². The quantitative estimate of drug-likeness (QED) is 0.583. The molecule has 6 heteroatoms.